The summed E-state index contributed by atoms with van der Waals surface area (Å²) in [6.45, 7) is 11.0. The Balaban J connectivity index is 0.00000225. The Morgan fingerprint density at radius 1 is 1.12 bits per heavy atom. The van der Waals surface area contributed by atoms with Gasteiger partial charge < -0.3 is 4.48 Å². The van der Waals surface area contributed by atoms with Crippen molar-refractivity contribution in [2.45, 2.75) is 111 Å². The van der Waals surface area contributed by atoms with Crippen LogP contribution in [-0.2, 0) is 4.79 Å². The summed E-state index contributed by atoms with van der Waals surface area (Å²) in [5.41, 5.74) is 0.438. The van der Waals surface area contributed by atoms with Gasteiger partial charge in [0.15, 0.2) is 0 Å². The number of Topliss-reactive ketones (excluding diaryl/α,β-unsaturated/α-hetero) is 1. The molecule has 2 heteroatoms. The molecule has 6 atom stereocenters. The van der Waals surface area contributed by atoms with Crippen molar-refractivity contribution in [2.24, 2.45) is 16.7 Å². The largest absolute Gasteiger partial charge is 0.320 e. The number of unbranched alkanes of at least 4 members (excludes halogenated alkanes) is 1. The molecule has 1 saturated carbocycles. The van der Waals surface area contributed by atoms with Crippen LogP contribution in [0.15, 0.2) is 0 Å². The van der Waals surface area contributed by atoms with E-state index in [0.29, 0.717) is 17.2 Å². The van der Waals surface area contributed by atoms with E-state index in [4.69, 9.17) is 0 Å². The van der Waals surface area contributed by atoms with E-state index >= 15 is 0 Å². The molecule has 0 bridgehead atoms. The second-order valence-corrected chi connectivity index (χ2v) is 9.88. The molecule has 3 rings (SSSR count). The van der Waals surface area contributed by atoms with E-state index in [-0.39, 0.29) is 12.8 Å². The molecule has 25 heavy (non-hydrogen) atoms. The van der Waals surface area contributed by atoms with E-state index in [9.17, 15) is 4.79 Å². The average molecular weight is 351 g/mol. The van der Waals surface area contributed by atoms with Gasteiger partial charge in [-0.05, 0) is 32.1 Å². The van der Waals surface area contributed by atoms with Gasteiger partial charge in [-0.3, -0.25) is 4.79 Å². The van der Waals surface area contributed by atoms with Gasteiger partial charge in [-0.15, -0.1) is 0 Å². The van der Waals surface area contributed by atoms with Crippen LogP contribution in [0.1, 0.15) is 99.3 Å². The molecule has 2 nitrogen and oxygen atoms in total. The van der Waals surface area contributed by atoms with Crippen molar-refractivity contribution < 1.29 is 9.28 Å². The standard InChI is InChI=1S/C22H40NO.CH4/c1-6-8-14-21(3)17(7-2)13-16-23(5)18-10-9-11-20(24)22(18,4)15-12-19(21)23;/h17-19H,6-16H2,1-5H3;1H4/q+1;. The summed E-state index contributed by atoms with van der Waals surface area (Å²) in [6, 6.07) is 1.35. The third-order valence-corrected chi connectivity index (χ3v) is 8.83. The van der Waals surface area contributed by atoms with Gasteiger partial charge in [0, 0.05) is 31.1 Å². The fraction of sp³-hybridized carbons (Fsp3) is 0.957. The van der Waals surface area contributed by atoms with Crippen molar-refractivity contribution in [3.63, 3.8) is 0 Å². The lowest BCUT2D eigenvalue weighted by Crippen LogP contribution is -2.75. The van der Waals surface area contributed by atoms with Gasteiger partial charge in [-0.2, -0.15) is 0 Å². The summed E-state index contributed by atoms with van der Waals surface area (Å²) < 4.78 is 1.21. The lowest BCUT2D eigenvalue weighted by molar-refractivity contribution is -0.981. The molecule has 0 spiro atoms. The molecular formula is C23H44NO+. The number of fused-ring (bicyclic) bond motifs is 3. The quantitative estimate of drug-likeness (QED) is 0.569. The summed E-state index contributed by atoms with van der Waals surface area (Å²) in [5.74, 6) is 1.45. The summed E-state index contributed by atoms with van der Waals surface area (Å²) >= 11 is 0. The van der Waals surface area contributed by atoms with Crippen molar-refractivity contribution >= 4 is 5.78 Å². The maximum absolute atomic E-state index is 12.8. The van der Waals surface area contributed by atoms with Crippen LogP contribution in [0.3, 0.4) is 0 Å². The van der Waals surface area contributed by atoms with Crippen LogP contribution in [0, 0.1) is 16.7 Å². The first-order valence-corrected chi connectivity index (χ1v) is 10.7. The van der Waals surface area contributed by atoms with E-state index in [2.05, 4.69) is 34.7 Å². The zero-order valence-electron chi connectivity index (χ0n) is 16.9. The second kappa shape index (κ2) is 7.33. The molecule has 146 valence electrons. The summed E-state index contributed by atoms with van der Waals surface area (Å²) in [7, 11) is 2.53. The monoisotopic (exact) mass is 350 g/mol. The number of quaternary nitrogens is 1. The van der Waals surface area contributed by atoms with Gasteiger partial charge in [0.05, 0.1) is 25.0 Å². The molecule has 2 aliphatic heterocycles. The van der Waals surface area contributed by atoms with Crippen LogP contribution in [0.4, 0.5) is 0 Å². The average Bonchev–Trinajstić information content (AvgIpc) is 2.55. The topological polar surface area (TPSA) is 17.1 Å². The molecule has 6 unspecified atom stereocenters. The Morgan fingerprint density at radius 3 is 2.48 bits per heavy atom. The van der Waals surface area contributed by atoms with Crippen LogP contribution in [0.2, 0.25) is 0 Å². The van der Waals surface area contributed by atoms with Crippen molar-refractivity contribution in [1.82, 2.24) is 0 Å². The van der Waals surface area contributed by atoms with Crippen molar-refractivity contribution in [1.29, 1.82) is 0 Å². The Morgan fingerprint density at radius 2 is 1.84 bits per heavy atom. The number of ketones is 1. The minimum Gasteiger partial charge on any atom is -0.320 e. The molecule has 3 aliphatic rings. The smallest absolute Gasteiger partial charge is 0.144 e. The Hall–Kier alpha value is -0.370. The van der Waals surface area contributed by atoms with Crippen LogP contribution in [0.5, 0.6) is 0 Å². The van der Waals surface area contributed by atoms with Crippen LogP contribution in [0.25, 0.3) is 0 Å². The number of hydrogen-bond acceptors (Lipinski definition) is 1. The second-order valence-electron chi connectivity index (χ2n) is 9.88. The summed E-state index contributed by atoms with van der Waals surface area (Å²) in [4.78, 5) is 12.8. The maximum atomic E-state index is 12.8. The fourth-order valence-electron chi connectivity index (χ4n) is 7.40. The van der Waals surface area contributed by atoms with E-state index in [1.807, 2.05) is 0 Å². The third-order valence-electron chi connectivity index (χ3n) is 8.83. The lowest BCUT2D eigenvalue weighted by atomic mass is 9.55. The Bertz CT molecular complexity index is 488. The number of nitrogens with zero attached hydrogens (tertiary/aromatic N) is 1. The number of carbonyl (C=O) groups is 1. The maximum Gasteiger partial charge on any atom is 0.144 e. The van der Waals surface area contributed by atoms with Gasteiger partial charge >= 0.3 is 0 Å². The molecule has 3 fully saturated rings. The van der Waals surface area contributed by atoms with E-state index in [1.54, 1.807) is 0 Å². The van der Waals surface area contributed by atoms with E-state index in [1.165, 1.54) is 56.0 Å². The normalized spacial score (nSPS) is 46.8. The van der Waals surface area contributed by atoms with Crippen molar-refractivity contribution in [3.05, 3.63) is 0 Å². The lowest BCUT2D eigenvalue weighted by Gasteiger charge is -2.66. The predicted molar refractivity (Wildman–Crippen MR) is 108 cm³/mol. The number of rotatable bonds is 4. The van der Waals surface area contributed by atoms with Gasteiger partial charge in [-0.25, -0.2) is 0 Å². The third kappa shape index (κ3) is 3.01. The molecule has 2 heterocycles. The summed E-state index contributed by atoms with van der Waals surface area (Å²) in [5, 5.41) is 0. The zero-order valence-corrected chi connectivity index (χ0v) is 16.9. The Labute approximate surface area is 157 Å². The molecule has 0 aromatic heterocycles. The zero-order chi connectivity index (χ0) is 17.6. The first-order valence-electron chi connectivity index (χ1n) is 10.7. The fourth-order valence-corrected chi connectivity index (χ4v) is 7.40. The summed E-state index contributed by atoms with van der Waals surface area (Å²) in [6.07, 6.45) is 12.4. The molecule has 0 radical (unpaired) electrons. The molecule has 2 saturated heterocycles. The first-order chi connectivity index (χ1) is 11.3. The predicted octanol–water partition coefficient (Wildman–Crippen LogP) is 5.99. The van der Waals surface area contributed by atoms with Crippen LogP contribution in [-0.4, -0.2) is 35.9 Å². The molecule has 0 N–H and O–H groups in total. The van der Waals surface area contributed by atoms with Gasteiger partial charge in [-0.1, -0.05) is 47.5 Å². The highest BCUT2D eigenvalue weighted by Crippen LogP contribution is 2.58. The molecule has 0 amide bonds. The first kappa shape index (κ1) is 20.9. The highest BCUT2D eigenvalue weighted by Gasteiger charge is 2.64. The number of piperidine rings is 2. The van der Waals surface area contributed by atoms with E-state index in [0.717, 1.165) is 31.2 Å². The van der Waals surface area contributed by atoms with Crippen LogP contribution >= 0.6 is 0 Å². The molecule has 0 aromatic carbocycles. The number of hydrogen-bond donors (Lipinski definition) is 0. The minimum atomic E-state index is -0.0335. The molecule has 0 aromatic rings. The highest BCUT2D eigenvalue weighted by molar-refractivity contribution is 5.86. The van der Waals surface area contributed by atoms with Gasteiger partial charge in [0.25, 0.3) is 0 Å². The minimum absolute atomic E-state index is 0. The van der Waals surface area contributed by atoms with Crippen molar-refractivity contribution in [3.8, 4) is 0 Å². The Kier molecular flexibility index (Phi) is 6.14. The SMILES string of the molecule is C.CCCCC1(C)C(CC)CC[N+]2(C)C3CCCC(=O)C3(C)CCC12. The number of carbonyl (C=O) groups excluding carboxylic acids is 1. The molecule has 1 aliphatic carbocycles. The van der Waals surface area contributed by atoms with Gasteiger partial charge in [0.2, 0.25) is 0 Å². The van der Waals surface area contributed by atoms with E-state index < -0.39 is 0 Å². The van der Waals surface area contributed by atoms with Gasteiger partial charge in [0.1, 0.15) is 11.8 Å². The highest BCUT2D eigenvalue weighted by atomic mass is 16.1. The van der Waals surface area contributed by atoms with Crippen molar-refractivity contribution in [2.75, 3.05) is 13.6 Å². The molecular weight excluding hydrogens is 306 g/mol. The van der Waals surface area contributed by atoms with Crippen LogP contribution < -0.4 is 0 Å².